The molecule has 0 aliphatic carbocycles. The topological polar surface area (TPSA) is 81.7 Å². The Labute approximate surface area is 170 Å². The first kappa shape index (κ1) is 19.5. The molecule has 29 heavy (non-hydrogen) atoms. The lowest BCUT2D eigenvalue weighted by atomic mass is 10.0. The highest BCUT2D eigenvalue weighted by Gasteiger charge is 2.20. The van der Waals surface area contributed by atoms with Crippen molar-refractivity contribution in [3.8, 4) is 11.5 Å². The van der Waals surface area contributed by atoms with Crippen molar-refractivity contribution in [2.24, 2.45) is 5.92 Å². The van der Waals surface area contributed by atoms with Gasteiger partial charge in [0.15, 0.2) is 11.5 Å². The molecule has 7 nitrogen and oxygen atoms in total. The van der Waals surface area contributed by atoms with E-state index in [4.69, 9.17) is 14.2 Å². The molecule has 0 unspecified atom stereocenters. The monoisotopic (exact) mass is 397 g/mol. The van der Waals surface area contributed by atoms with Gasteiger partial charge < -0.3 is 24.8 Å². The summed E-state index contributed by atoms with van der Waals surface area (Å²) in [5.41, 5.74) is 0.549. The number of pyridine rings is 1. The summed E-state index contributed by atoms with van der Waals surface area (Å²) in [5, 5.41) is 6.27. The van der Waals surface area contributed by atoms with Gasteiger partial charge >= 0.3 is 0 Å². The molecule has 1 aromatic heterocycles. The standard InChI is InChI=1S/C22H27N3O4/c26-22(23-10-7-18-15-28-19-3-1-2-4-20(19)29-18)17-5-6-21(25-14-17)24-13-16-8-11-27-12-9-16/h1-6,14,16,18H,7-13,15H2,(H,23,26)(H,24,25)/t18-/m0/s1. The number of nitrogens with one attached hydrogen (secondary N) is 2. The third kappa shape index (κ3) is 5.38. The van der Waals surface area contributed by atoms with E-state index in [1.807, 2.05) is 30.3 Å². The maximum absolute atomic E-state index is 12.3. The molecular formula is C22H27N3O4. The molecule has 4 rings (SSSR count). The van der Waals surface area contributed by atoms with Crippen LogP contribution in [0.5, 0.6) is 11.5 Å². The molecule has 1 atom stereocenters. The molecule has 1 saturated heterocycles. The smallest absolute Gasteiger partial charge is 0.252 e. The first-order valence-corrected chi connectivity index (χ1v) is 10.2. The first-order valence-electron chi connectivity index (χ1n) is 10.2. The summed E-state index contributed by atoms with van der Waals surface area (Å²) in [6.07, 6.45) is 4.38. The van der Waals surface area contributed by atoms with Gasteiger partial charge in [-0.25, -0.2) is 4.98 Å². The Morgan fingerprint density at radius 1 is 1.10 bits per heavy atom. The van der Waals surface area contributed by atoms with E-state index in [9.17, 15) is 4.79 Å². The van der Waals surface area contributed by atoms with Crippen molar-refractivity contribution < 1.29 is 19.0 Å². The second kappa shape index (κ2) is 9.60. The summed E-state index contributed by atoms with van der Waals surface area (Å²) in [4.78, 5) is 16.7. The Morgan fingerprint density at radius 2 is 1.93 bits per heavy atom. The van der Waals surface area contributed by atoms with Gasteiger partial charge in [0.05, 0.1) is 5.56 Å². The number of aromatic nitrogens is 1. The molecule has 2 N–H and O–H groups in total. The molecule has 0 radical (unpaired) electrons. The van der Waals surface area contributed by atoms with E-state index in [2.05, 4.69) is 15.6 Å². The van der Waals surface area contributed by atoms with Crippen LogP contribution in [0.15, 0.2) is 42.6 Å². The molecule has 1 aromatic carbocycles. The lowest BCUT2D eigenvalue weighted by molar-refractivity contribution is 0.0699. The van der Waals surface area contributed by atoms with Crippen LogP contribution < -0.4 is 20.1 Å². The van der Waals surface area contributed by atoms with Gasteiger partial charge in [-0.05, 0) is 43.0 Å². The van der Waals surface area contributed by atoms with Crippen LogP contribution in [0.4, 0.5) is 5.82 Å². The van der Waals surface area contributed by atoms with E-state index in [0.717, 1.165) is 49.9 Å². The minimum atomic E-state index is -0.134. The third-order valence-corrected chi connectivity index (χ3v) is 5.26. The van der Waals surface area contributed by atoms with Crippen molar-refractivity contribution in [1.29, 1.82) is 0 Å². The lowest BCUT2D eigenvalue weighted by Crippen LogP contribution is -2.34. The molecule has 3 heterocycles. The van der Waals surface area contributed by atoms with Crippen molar-refractivity contribution in [2.45, 2.75) is 25.4 Å². The normalized spacial score (nSPS) is 18.8. The van der Waals surface area contributed by atoms with Crippen molar-refractivity contribution in [3.63, 3.8) is 0 Å². The molecule has 2 aliphatic heterocycles. The average molecular weight is 397 g/mol. The van der Waals surface area contributed by atoms with Crippen LogP contribution in [0.25, 0.3) is 0 Å². The molecule has 7 heteroatoms. The van der Waals surface area contributed by atoms with Gasteiger partial charge in [0.1, 0.15) is 18.5 Å². The van der Waals surface area contributed by atoms with Gasteiger partial charge in [0, 0.05) is 38.9 Å². The predicted molar refractivity (Wildman–Crippen MR) is 110 cm³/mol. The molecule has 2 aliphatic rings. The van der Waals surface area contributed by atoms with Gasteiger partial charge in [-0.1, -0.05) is 12.1 Å². The van der Waals surface area contributed by atoms with Crippen LogP contribution in [-0.4, -0.2) is 49.9 Å². The van der Waals surface area contributed by atoms with Crippen molar-refractivity contribution in [2.75, 3.05) is 38.2 Å². The Bertz CT molecular complexity index is 806. The lowest BCUT2D eigenvalue weighted by Gasteiger charge is -2.26. The number of fused-ring (bicyclic) bond motifs is 1. The van der Waals surface area contributed by atoms with Crippen LogP contribution in [0.1, 0.15) is 29.6 Å². The number of carbonyl (C=O) groups is 1. The highest BCUT2D eigenvalue weighted by atomic mass is 16.6. The Balaban J connectivity index is 1.19. The molecule has 1 fully saturated rings. The number of anilines is 1. The summed E-state index contributed by atoms with van der Waals surface area (Å²) in [7, 11) is 0. The molecule has 154 valence electrons. The quantitative estimate of drug-likeness (QED) is 0.748. The first-order chi connectivity index (χ1) is 14.3. The van der Waals surface area contributed by atoms with Crippen molar-refractivity contribution >= 4 is 11.7 Å². The Hall–Kier alpha value is -2.80. The highest BCUT2D eigenvalue weighted by molar-refractivity contribution is 5.94. The molecular weight excluding hydrogens is 370 g/mol. The fourth-order valence-electron chi connectivity index (χ4n) is 3.49. The zero-order valence-corrected chi connectivity index (χ0v) is 16.4. The average Bonchev–Trinajstić information content (AvgIpc) is 2.78. The minimum Gasteiger partial charge on any atom is -0.486 e. The zero-order valence-electron chi connectivity index (χ0n) is 16.4. The summed E-state index contributed by atoms with van der Waals surface area (Å²) in [5.74, 6) is 2.80. The zero-order chi connectivity index (χ0) is 19.9. The molecule has 0 bridgehead atoms. The molecule has 1 amide bonds. The number of amides is 1. The van der Waals surface area contributed by atoms with Gasteiger partial charge in [-0.15, -0.1) is 0 Å². The largest absolute Gasteiger partial charge is 0.486 e. The van der Waals surface area contributed by atoms with Gasteiger partial charge in [-0.3, -0.25) is 4.79 Å². The van der Waals surface area contributed by atoms with Crippen molar-refractivity contribution in [3.05, 3.63) is 48.2 Å². The number of rotatable bonds is 7. The van der Waals surface area contributed by atoms with Crippen LogP contribution in [-0.2, 0) is 4.74 Å². The maximum Gasteiger partial charge on any atom is 0.252 e. The van der Waals surface area contributed by atoms with Crippen molar-refractivity contribution in [1.82, 2.24) is 10.3 Å². The summed E-state index contributed by atoms with van der Waals surface area (Å²) < 4.78 is 17.0. The number of ether oxygens (including phenoxy) is 3. The van der Waals surface area contributed by atoms with Crippen LogP contribution in [0, 0.1) is 5.92 Å². The number of hydrogen-bond donors (Lipinski definition) is 2. The van der Waals surface area contributed by atoms with Crippen LogP contribution >= 0.6 is 0 Å². The second-order valence-corrected chi connectivity index (χ2v) is 7.41. The highest BCUT2D eigenvalue weighted by Crippen LogP contribution is 2.31. The Kier molecular flexibility index (Phi) is 6.46. The van der Waals surface area contributed by atoms with Gasteiger partial charge in [0.2, 0.25) is 0 Å². The summed E-state index contributed by atoms with van der Waals surface area (Å²) >= 11 is 0. The van der Waals surface area contributed by atoms with E-state index < -0.39 is 0 Å². The maximum atomic E-state index is 12.3. The second-order valence-electron chi connectivity index (χ2n) is 7.41. The van der Waals surface area contributed by atoms with E-state index in [-0.39, 0.29) is 12.0 Å². The minimum absolute atomic E-state index is 0.0694. The summed E-state index contributed by atoms with van der Waals surface area (Å²) in [6, 6.07) is 11.3. The van der Waals surface area contributed by atoms with Gasteiger partial charge in [0.25, 0.3) is 5.91 Å². The number of benzene rings is 1. The summed E-state index contributed by atoms with van der Waals surface area (Å²) in [6.45, 7) is 3.56. The van der Waals surface area contributed by atoms with E-state index >= 15 is 0 Å². The number of nitrogens with zero attached hydrogens (tertiary/aromatic N) is 1. The van der Waals surface area contributed by atoms with E-state index in [0.29, 0.717) is 31.1 Å². The number of carbonyl (C=O) groups excluding carboxylic acids is 1. The predicted octanol–water partition coefficient (Wildman–Crippen LogP) is 2.88. The number of hydrogen-bond acceptors (Lipinski definition) is 6. The number of para-hydroxylation sites is 2. The molecule has 0 saturated carbocycles. The molecule has 2 aromatic rings. The van der Waals surface area contributed by atoms with Crippen LogP contribution in [0.3, 0.4) is 0 Å². The SMILES string of the molecule is O=C(NCC[C@H]1COc2ccccc2O1)c1ccc(NCC2CCOCC2)nc1. The fraction of sp³-hybridized carbons (Fsp3) is 0.455. The molecule has 0 spiro atoms. The van der Waals surface area contributed by atoms with Crippen LogP contribution in [0.2, 0.25) is 0 Å². The van der Waals surface area contributed by atoms with E-state index in [1.165, 1.54) is 0 Å². The van der Waals surface area contributed by atoms with E-state index in [1.54, 1.807) is 12.3 Å². The third-order valence-electron chi connectivity index (χ3n) is 5.26. The fourth-order valence-corrected chi connectivity index (χ4v) is 3.49. The Morgan fingerprint density at radius 3 is 2.72 bits per heavy atom. The van der Waals surface area contributed by atoms with Gasteiger partial charge in [-0.2, -0.15) is 0 Å².